The molecule has 164 valence electrons. The third-order valence-corrected chi connectivity index (χ3v) is 6.73. The van der Waals surface area contributed by atoms with Gasteiger partial charge in [-0.25, -0.2) is 4.98 Å². The highest BCUT2D eigenvalue weighted by Gasteiger charge is 2.27. The highest BCUT2D eigenvalue weighted by atomic mass is 32.2. The van der Waals surface area contributed by atoms with E-state index in [0.717, 1.165) is 27.2 Å². The molecule has 7 heteroatoms. The number of rotatable bonds is 6. The minimum absolute atomic E-state index is 0.111. The van der Waals surface area contributed by atoms with E-state index in [-0.39, 0.29) is 11.9 Å². The lowest BCUT2D eigenvalue weighted by atomic mass is 10.1. The Balaban J connectivity index is 1.32. The molecule has 1 amide bonds. The summed E-state index contributed by atoms with van der Waals surface area (Å²) in [5.74, 6) is 1.25. The summed E-state index contributed by atoms with van der Waals surface area (Å²) in [6.07, 6.45) is 0. The van der Waals surface area contributed by atoms with Crippen molar-refractivity contribution < 1.29 is 9.53 Å². The number of piperazine rings is 1. The number of hydrogen-bond donors (Lipinski definition) is 0. The summed E-state index contributed by atoms with van der Waals surface area (Å²) in [5.41, 5.74) is 3.07. The summed E-state index contributed by atoms with van der Waals surface area (Å²) in [4.78, 5) is 21.5. The summed E-state index contributed by atoms with van der Waals surface area (Å²) in [7, 11) is 1.63. The molecule has 2 heterocycles. The van der Waals surface area contributed by atoms with Crippen molar-refractivity contribution in [1.82, 2.24) is 14.8 Å². The molecule has 1 saturated heterocycles. The van der Waals surface area contributed by atoms with Crippen LogP contribution in [-0.2, 0) is 4.79 Å². The molecular formula is C25H26N4O2S. The van der Waals surface area contributed by atoms with E-state index < -0.39 is 0 Å². The Hall–Kier alpha value is -3.08. The van der Waals surface area contributed by atoms with E-state index in [2.05, 4.69) is 28.9 Å². The van der Waals surface area contributed by atoms with Gasteiger partial charge in [0.2, 0.25) is 5.91 Å². The van der Waals surface area contributed by atoms with Crippen molar-refractivity contribution in [3.05, 3.63) is 65.7 Å². The molecular weight excluding hydrogens is 420 g/mol. The van der Waals surface area contributed by atoms with E-state index in [9.17, 15) is 10.1 Å². The second kappa shape index (κ2) is 10.0. The molecule has 1 aliphatic rings. The number of para-hydroxylation sites is 1. The first kappa shape index (κ1) is 22.1. The number of pyridine rings is 1. The summed E-state index contributed by atoms with van der Waals surface area (Å²) in [6, 6.07) is 19.8. The van der Waals surface area contributed by atoms with Gasteiger partial charge in [-0.15, -0.1) is 0 Å². The van der Waals surface area contributed by atoms with E-state index in [1.54, 1.807) is 7.11 Å². The molecule has 0 spiro atoms. The lowest BCUT2D eigenvalue weighted by Gasteiger charge is -2.37. The molecule has 0 saturated carbocycles. The van der Waals surface area contributed by atoms with E-state index in [0.29, 0.717) is 31.9 Å². The van der Waals surface area contributed by atoms with Gasteiger partial charge >= 0.3 is 0 Å². The lowest BCUT2D eigenvalue weighted by molar-refractivity contribution is -0.130. The standard InChI is InChI=1S/C25H26N4O2S/c1-18-15-24(27-22-6-4-3-5-21(18)22)32-17-25(30)29-13-11-28(12-14-29)23(16-26)19-7-9-20(31-2)10-8-19/h3-10,15,23H,11-14,17H2,1-2H3. The van der Waals surface area contributed by atoms with Gasteiger partial charge in [-0.3, -0.25) is 9.69 Å². The SMILES string of the molecule is COc1ccc(C(C#N)N2CCN(C(=O)CSc3cc(C)c4ccccc4n3)CC2)cc1. The number of aryl methyl sites for hydroxylation is 1. The van der Waals surface area contributed by atoms with Crippen LogP contribution in [-0.4, -0.2) is 59.7 Å². The normalized spacial score (nSPS) is 15.3. The van der Waals surface area contributed by atoms with Gasteiger partial charge in [-0.2, -0.15) is 5.26 Å². The van der Waals surface area contributed by atoms with Gasteiger partial charge in [-0.1, -0.05) is 42.1 Å². The van der Waals surface area contributed by atoms with Crippen molar-refractivity contribution in [1.29, 1.82) is 5.26 Å². The summed E-state index contributed by atoms with van der Waals surface area (Å²) in [6.45, 7) is 4.67. The third kappa shape index (κ3) is 4.87. The van der Waals surface area contributed by atoms with Crippen molar-refractivity contribution in [3.63, 3.8) is 0 Å². The Morgan fingerprint density at radius 3 is 2.56 bits per heavy atom. The van der Waals surface area contributed by atoms with E-state index in [1.807, 2.05) is 53.4 Å². The first-order valence-corrected chi connectivity index (χ1v) is 11.6. The molecule has 3 aromatic rings. The highest BCUT2D eigenvalue weighted by molar-refractivity contribution is 7.99. The van der Waals surface area contributed by atoms with Crippen molar-refractivity contribution in [2.45, 2.75) is 18.0 Å². The van der Waals surface area contributed by atoms with Gasteiger partial charge in [-0.05, 0) is 42.3 Å². The van der Waals surface area contributed by atoms with Crippen LogP contribution in [0.15, 0.2) is 59.6 Å². The largest absolute Gasteiger partial charge is 0.497 e. The molecule has 0 N–H and O–H groups in total. The zero-order valence-electron chi connectivity index (χ0n) is 18.3. The van der Waals surface area contributed by atoms with Crippen LogP contribution in [0.4, 0.5) is 0 Å². The number of methoxy groups -OCH3 is 1. The molecule has 0 radical (unpaired) electrons. The van der Waals surface area contributed by atoms with Crippen molar-refractivity contribution >= 4 is 28.6 Å². The second-order valence-corrected chi connectivity index (χ2v) is 8.80. The van der Waals surface area contributed by atoms with Crippen LogP contribution in [0.1, 0.15) is 17.2 Å². The Morgan fingerprint density at radius 1 is 1.16 bits per heavy atom. The zero-order chi connectivity index (χ0) is 22.5. The number of nitriles is 1. The van der Waals surface area contributed by atoms with Crippen LogP contribution < -0.4 is 4.74 Å². The monoisotopic (exact) mass is 446 g/mol. The predicted molar refractivity (Wildman–Crippen MR) is 127 cm³/mol. The Bertz CT molecular complexity index is 1130. The van der Waals surface area contributed by atoms with Gasteiger partial charge in [0.25, 0.3) is 0 Å². The van der Waals surface area contributed by atoms with Gasteiger partial charge in [0, 0.05) is 31.6 Å². The first-order chi connectivity index (χ1) is 15.6. The number of benzene rings is 2. The first-order valence-electron chi connectivity index (χ1n) is 10.6. The number of ether oxygens (including phenoxy) is 1. The minimum Gasteiger partial charge on any atom is -0.497 e. The fraction of sp³-hybridized carbons (Fsp3) is 0.320. The maximum Gasteiger partial charge on any atom is 0.233 e. The van der Waals surface area contributed by atoms with Crippen LogP contribution in [0, 0.1) is 18.3 Å². The molecule has 4 rings (SSSR count). The number of aromatic nitrogens is 1. The average Bonchev–Trinajstić information content (AvgIpc) is 2.84. The number of hydrogen-bond acceptors (Lipinski definition) is 6. The van der Waals surface area contributed by atoms with Crippen LogP contribution in [0.5, 0.6) is 5.75 Å². The van der Waals surface area contributed by atoms with Gasteiger partial charge in [0.15, 0.2) is 0 Å². The van der Waals surface area contributed by atoms with Crippen molar-refractivity contribution in [2.75, 3.05) is 39.0 Å². The number of carbonyl (C=O) groups excluding carboxylic acids is 1. The fourth-order valence-corrected chi connectivity index (χ4v) is 4.88. The minimum atomic E-state index is -0.322. The summed E-state index contributed by atoms with van der Waals surface area (Å²) in [5, 5.41) is 11.7. The number of carbonyl (C=O) groups is 1. The summed E-state index contributed by atoms with van der Waals surface area (Å²) < 4.78 is 5.20. The van der Waals surface area contributed by atoms with Crippen LogP contribution in [0.2, 0.25) is 0 Å². The average molecular weight is 447 g/mol. The smallest absolute Gasteiger partial charge is 0.233 e. The molecule has 0 aliphatic carbocycles. The molecule has 32 heavy (non-hydrogen) atoms. The Labute approximate surface area is 192 Å². The molecule has 1 aromatic heterocycles. The number of nitrogens with zero attached hydrogens (tertiary/aromatic N) is 4. The van der Waals surface area contributed by atoms with Gasteiger partial charge in [0.05, 0.1) is 29.5 Å². The number of amides is 1. The maximum atomic E-state index is 12.8. The van der Waals surface area contributed by atoms with E-state index >= 15 is 0 Å². The molecule has 1 fully saturated rings. The molecule has 0 bridgehead atoms. The van der Waals surface area contributed by atoms with Crippen LogP contribution in [0.25, 0.3) is 10.9 Å². The second-order valence-electron chi connectivity index (χ2n) is 7.80. The van der Waals surface area contributed by atoms with E-state index in [1.165, 1.54) is 17.3 Å². The lowest BCUT2D eigenvalue weighted by Crippen LogP contribution is -2.50. The molecule has 6 nitrogen and oxygen atoms in total. The Morgan fingerprint density at radius 2 is 1.88 bits per heavy atom. The predicted octanol–water partition coefficient (Wildman–Crippen LogP) is 4.05. The highest BCUT2D eigenvalue weighted by Crippen LogP contribution is 2.26. The van der Waals surface area contributed by atoms with Crippen LogP contribution >= 0.6 is 11.8 Å². The zero-order valence-corrected chi connectivity index (χ0v) is 19.1. The summed E-state index contributed by atoms with van der Waals surface area (Å²) >= 11 is 1.48. The molecule has 1 aliphatic heterocycles. The molecule has 1 unspecified atom stereocenters. The topological polar surface area (TPSA) is 69.5 Å². The van der Waals surface area contributed by atoms with Crippen LogP contribution in [0.3, 0.4) is 0 Å². The van der Waals surface area contributed by atoms with Crippen molar-refractivity contribution in [3.8, 4) is 11.8 Å². The molecule has 2 aromatic carbocycles. The fourth-order valence-electron chi connectivity index (χ4n) is 4.00. The quantitative estimate of drug-likeness (QED) is 0.532. The van der Waals surface area contributed by atoms with Crippen molar-refractivity contribution in [2.24, 2.45) is 0 Å². The Kier molecular flexibility index (Phi) is 6.93. The van der Waals surface area contributed by atoms with E-state index in [4.69, 9.17) is 4.74 Å². The maximum absolute atomic E-state index is 12.8. The van der Waals surface area contributed by atoms with Gasteiger partial charge < -0.3 is 9.64 Å². The third-order valence-electron chi connectivity index (χ3n) is 5.83. The van der Waals surface area contributed by atoms with Gasteiger partial charge in [0.1, 0.15) is 11.8 Å². The molecule has 1 atom stereocenters. The number of thioether (sulfide) groups is 1. The number of fused-ring (bicyclic) bond motifs is 1.